The van der Waals surface area contributed by atoms with E-state index in [0.717, 1.165) is 5.56 Å². The minimum absolute atomic E-state index is 0.0928. The topological polar surface area (TPSA) is 103 Å². The van der Waals surface area contributed by atoms with Crippen LogP contribution in [-0.2, 0) is 20.8 Å². The van der Waals surface area contributed by atoms with Crippen molar-refractivity contribution in [3.05, 3.63) is 18.0 Å². The van der Waals surface area contributed by atoms with E-state index in [4.69, 9.17) is 14.6 Å². The Morgan fingerprint density at radius 3 is 2.79 bits per heavy atom. The van der Waals surface area contributed by atoms with E-state index in [9.17, 15) is 9.59 Å². The van der Waals surface area contributed by atoms with Gasteiger partial charge in [0.15, 0.2) is 0 Å². The van der Waals surface area contributed by atoms with Gasteiger partial charge in [-0.3, -0.25) is 9.48 Å². The standard InChI is InChI=1S/C16H25N3O5/c1-16(2,3)24-15(22)17-4-6-23-7-5-19-10-11(9-18-19)12-8-13(12)14(20)21/h9-10,12-13H,4-8H2,1-3H3,(H,17,22)(H,20,21). The fourth-order valence-electron chi connectivity index (χ4n) is 2.33. The first-order valence-corrected chi connectivity index (χ1v) is 8.06. The number of carbonyl (C=O) groups is 2. The molecule has 8 nitrogen and oxygen atoms in total. The Labute approximate surface area is 141 Å². The van der Waals surface area contributed by atoms with Crippen LogP contribution in [0.4, 0.5) is 4.79 Å². The summed E-state index contributed by atoms with van der Waals surface area (Å²) in [6.45, 7) is 7.23. The number of hydrogen-bond donors (Lipinski definition) is 2. The molecule has 134 valence electrons. The third kappa shape index (κ3) is 5.84. The third-order valence-electron chi connectivity index (χ3n) is 3.57. The highest BCUT2D eigenvalue weighted by molar-refractivity contribution is 5.75. The Balaban J connectivity index is 1.56. The summed E-state index contributed by atoms with van der Waals surface area (Å²) in [5.74, 6) is -0.915. The number of rotatable bonds is 8. The highest BCUT2D eigenvalue weighted by Crippen LogP contribution is 2.47. The van der Waals surface area contributed by atoms with Gasteiger partial charge in [-0.1, -0.05) is 0 Å². The molecular formula is C16H25N3O5. The average Bonchev–Trinajstić information content (AvgIpc) is 3.13. The van der Waals surface area contributed by atoms with Crippen LogP contribution in [0.15, 0.2) is 12.4 Å². The molecule has 1 fully saturated rings. The van der Waals surface area contributed by atoms with Crippen molar-refractivity contribution in [3.8, 4) is 0 Å². The fraction of sp³-hybridized carbons (Fsp3) is 0.688. The van der Waals surface area contributed by atoms with E-state index in [2.05, 4.69) is 10.4 Å². The largest absolute Gasteiger partial charge is 0.481 e. The van der Waals surface area contributed by atoms with Gasteiger partial charge < -0.3 is 19.9 Å². The third-order valence-corrected chi connectivity index (χ3v) is 3.57. The van der Waals surface area contributed by atoms with Crippen LogP contribution in [0.1, 0.15) is 38.7 Å². The molecule has 0 spiro atoms. The number of carboxylic acid groups (broad SMARTS) is 1. The molecule has 1 aromatic heterocycles. The number of carbonyl (C=O) groups excluding carboxylic acids is 1. The Kier molecular flexibility index (Phi) is 5.82. The minimum atomic E-state index is -0.742. The molecular weight excluding hydrogens is 314 g/mol. The Hall–Kier alpha value is -2.09. The van der Waals surface area contributed by atoms with Gasteiger partial charge in [0.1, 0.15) is 5.60 Å². The van der Waals surface area contributed by atoms with E-state index in [1.165, 1.54) is 0 Å². The van der Waals surface area contributed by atoms with Crippen LogP contribution in [0.25, 0.3) is 0 Å². The van der Waals surface area contributed by atoms with E-state index in [0.29, 0.717) is 32.7 Å². The summed E-state index contributed by atoms with van der Waals surface area (Å²) in [6, 6.07) is 0. The van der Waals surface area contributed by atoms with Gasteiger partial charge in [-0.15, -0.1) is 0 Å². The van der Waals surface area contributed by atoms with E-state index in [1.54, 1.807) is 10.9 Å². The summed E-state index contributed by atoms with van der Waals surface area (Å²) in [5, 5.41) is 15.8. The zero-order chi connectivity index (χ0) is 17.7. The van der Waals surface area contributed by atoms with E-state index in [1.807, 2.05) is 27.0 Å². The summed E-state index contributed by atoms with van der Waals surface area (Å²) < 4.78 is 12.3. The van der Waals surface area contributed by atoms with Crippen LogP contribution < -0.4 is 5.32 Å². The van der Waals surface area contributed by atoms with Gasteiger partial charge in [-0.25, -0.2) is 4.79 Å². The summed E-state index contributed by atoms with van der Waals surface area (Å²) in [5.41, 5.74) is 0.457. The zero-order valence-electron chi connectivity index (χ0n) is 14.3. The smallest absolute Gasteiger partial charge is 0.407 e. The van der Waals surface area contributed by atoms with Gasteiger partial charge in [0.2, 0.25) is 0 Å². The van der Waals surface area contributed by atoms with Crippen LogP contribution in [-0.4, -0.2) is 52.3 Å². The molecule has 2 unspecified atom stereocenters. The Bertz CT molecular complexity index is 579. The Morgan fingerprint density at radius 1 is 1.42 bits per heavy atom. The van der Waals surface area contributed by atoms with Gasteiger partial charge in [-0.2, -0.15) is 5.10 Å². The van der Waals surface area contributed by atoms with Crippen molar-refractivity contribution in [2.75, 3.05) is 19.8 Å². The number of nitrogens with one attached hydrogen (secondary N) is 1. The number of nitrogens with zero attached hydrogens (tertiary/aromatic N) is 2. The normalized spacial score (nSPS) is 19.8. The van der Waals surface area contributed by atoms with Crippen molar-refractivity contribution in [2.45, 2.75) is 45.3 Å². The molecule has 24 heavy (non-hydrogen) atoms. The monoisotopic (exact) mass is 339 g/mol. The minimum Gasteiger partial charge on any atom is -0.481 e. The van der Waals surface area contributed by atoms with E-state index < -0.39 is 17.7 Å². The molecule has 2 atom stereocenters. The second-order valence-electron chi connectivity index (χ2n) is 6.86. The van der Waals surface area contributed by atoms with Gasteiger partial charge in [-0.05, 0) is 32.8 Å². The average molecular weight is 339 g/mol. The molecule has 1 saturated carbocycles. The number of aromatic nitrogens is 2. The first-order chi connectivity index (χ1) is 11.3. The lowest BCUT2D eigenvalue weighted by Crippen LogP contribution is -2.34. The first-order valence-electron chi connectivity index (χ1n) is 8.06. The number of ether oxygens (including phenoxy) is 2. The maximum absolute atomic E-state index is 11.4. The quantitative estimate of drug-likeness (QED) is 0.698. The van der Waals surface area contributed by atoms with E-state index >= 15 is 0 Å². The first kappa shape index (κ1) is 18.3. The van der Waals surface area contributed by atoms with Crippen molar-refractivity contribution in [3.63, 3.8) is 0 Å². The van der Waals surface area contributed by atoms with Crippen molar-refractivity contribution >= 4 is 12.1 Å². The van der Waals surface area contributed by atoms with Crippen molar-refractivity contribution in [2.24, 2.45) is 5.92 Å². The molecule has 2 N–H and O–H groups in total. The van der Waals surface area contributed by atoms with Crippen LogP contribution in [0.3, 0.4) is 0 Å². The predicted molar refractivity (Wildman–Crippen MR) is 85.8 cm³/mol. The predicted octanol–water partition coefficient (Wildman–Crippen LogP) is 1.61. The van der Waals surface area contributed by atoms with Crippen molar-refractivity contribution in [1.82, 2.24) is 15.1 Å². The molecule has 2 rings (SSSR count). The van der Waals surface area contributed by atoms with Crippen LogP contribution >= 0.6 is 0 Å². The van der Waals surface area contributed by atoms with Crippen LogP contribution in [0.5, 0.6) is 0 Å². The lowest BCUT2D eigenvalue weighted by molar-refractivity contribution is -0.138. The molecule has 1 amide bonds. The fourth-order valence-corrected chi connectivity index (χ4v) is 2.33. The molecule has 0 bridgehead atoms. The molecule has 0 saturated heterocycles. The second kappa shape index (κ2) is 7.65. The number of amides is 1. The molecule has 1 aliphatic rings. The van der Waals surface area contributed by atoms with Crippen LogP contribution in [0, 0.1) is 5.92 Å². The highest BCUT2D eigenvalue weighted by atomic mass is 16.6. The van der Waals surface area contributed by atoms with E-state index in [-0.39, 0.29) is 11.8 Å². The summed E-state index contributed by atoms with van der Waals surface area (Å²) in [6.07, 6.45) is 3.82. The zero-order valence-corrected chi connectivity index (χ0v) is 14.3. The second-order valence-corrected chi connectivity index (χ2v) is 6.86. The SMILES string of the molecule is CC(C)(C)OC(=O)NCCOCCn1cc(C2CC2C(=O)O)cn1. The summed E-state index contributed by atoms with van der Waals surface area (Å²) >= 11 is 0. The molecule has 0 aromatic carbocycles. The van der Waals surface area contributed by atoms with Gasteiger partial charge in [0.25, 0.3) is 0 Å². The lowest BCUT2D eigenvalue weighted by Gasteiger charge is -2.19. The molecule has 8 heteroatoms. The van der Waals surface area contributed by atoms with Crippen LogP contribution in [0.2, 0.25) is 0 Å². The number of alkyl carbamates (subject to hydrolysis) is 1. The highest BCUT2D eigenvalue weighted by Gasteiger charge is 2.44. The van der Waals surface area contributed by atoms with Gasteiger partial charge in [0, 0.05) is 18.7 Å². The summed E-state index contributed by atoms with van der Waals surface area (Å²) in [4.78, 5) is 22.3. The lowest BCUT2D eigenvalue weighted by atomic mass is 10.2. The maximum Gasteiger partial charge on any atom is 0.407 e. The van der Waals surface area contributed by atoms with Gasteiger partial charge in [0.05, 0.1) is 31.9 Å². The molecule has 0 aliphatic heterocycles. The van der Waals surface area contributed by atoms with Gasteiger partial charge >= 0.3 is 12.1 Å². The number of hydrogen-bond acceptors (Lipinski definition) is 5. The molecule has 1 aliphatic carbocycles. The molecule has 0 radical (unpaired) electrons. The van der Waals surface area contributed by atoms with Crippen molar-refractivity contribution in [1.29, 1.82) is 0 Å². The summed E-state index contributed by atoms with van der Waals surface area (Å²) in [7, 11) is 0. The molecule has 1 heterocycles. The maximum atomic E-state index is 11.4. The molecule has 1 aromatic rings. The number of carboxylic acids is 1. The number of aliphatic carboxylic acids is 1. The Morgan fingerprint density at radius 2 is 2.17 bits per heavy atom. The van der Waals surface area contributed by atoms with Crippen molar-refractivity contribution < 1.29 is 24.2 Å².